The summed E-state index contributed by atoms with van der Waals surface area (Å²) in [6.07, 6.45) is -0.527. The molecule has 0 spiro atoms. The van der Waals surface area contributed by atoms with E-state index in [-0.39, 0.29) is 23.9 Å². The van der Waals surface area contributed by atoms with Gasteiger partial charge < -0.3 is 10.4 Å². The van der Waals surface area contributed by atoms with Crippen LogP contribution in [0.4, 0.5) is 4.39 Å². The molecule has 0 radical (unpaired) electrons. The fourth-order valence-electron chi connectivity index (χ4n) is 2.34. The highest BCUT2D eigenvalue weighted by molar-refractivity contribution is 6.30. The predicted octanol–water partition coefficient (Wildman–Crippen LogP) is 3.51. The van der Waals surface area contributed by atoms with Crippen LogP contribution in [0.2, 0.25) is 5.02 Å². The van der Waals surface area contributed by atoms with E-state index in [0.29, 0.717) is 11.4 Å². The molecule has 5 heteroatoms. The van der Waals surface area contributed by atoms with Gasteiger partial charge in [-0.1, -0.05) is 48.9 Å². The van der Waals surface area contributed by atoms with Gasteiger partial charge in [0.05, 0.1) is 6.10 Å². The summed E-state index contributed by atoms with van der Waals surface area (Å²) < 4.78 is 13.6. The average Bonchev–Trinajstić information content (AvgIpc) is 2.52. The Morgan fingerprint density at radius 1 is 1.26 bits per heavy atom. The molecule has 122 valence electrons. The number of benzene rings is 2. The van der Waals surface area contributed by atoms with Crippen LogP contribution in [0.5, 0.6) is 0 Å². The van der Waals surface area contributed by atoms with Crippen LogP contribution in [0.15, 0.2) is 48.5 Å². The van der Waals surface area contributed by atoms with Gasteiger partial charge in [-0.15, -0.1) is 0 Å². The molecular weight excluding hydrogens is 317 g/mol. The molecule has 2 N–H and O–H groups in total. The van der Waals surface area contributed by atoms with Gasteiger partial charge in [-0.3, -0.25) is 4.79 Å². The molecule has 0 aliphatic heterocycles. The van der Waals surface area contributed by atoms with Crippen molar-refractivity contribution in [1.82, 2.24) is 5.32 Å². The molecule has 0 aliphatic carbocycles. The molecule has 1 amide bonds. The number of halogens is 2. The minimum atomic E-state index is -1.07. The molecule has 0 saturated heterocycles. The van der Waals surface area contributed by atoms with Crippen LogP contribution in [0.1, 0.15) is 24.2 Å². The van der Waals surface area contributed by atoms with Crippen molar-refractivity contribution in [2.45, 2.75) is 19.4 Å². The lowest BCUT2D eigenvalue weighted by atomic mass is 10.00. The Labute approximate surface area is 140 Å². The monoisotopic (exact) mass is 335 g/mol. The van der Waals surface area contributed by atoms with Crippen LogP contribution in [-0.4, -0.2) is 17.6 Å². The molecule has 2 atom stereocenters. The van der Waals surface area contributed by atoms with E-state index in [1.807, 2.05) is 18.2 Å². The largest absolute Gasteiger partial charge is 0.386 e. The van der Waals surface area contributed by atoms with Gasteiger partial charge in [-0.2, -0.15) is 0 Å². The Kier molecular flexibility index (Phi) is 6.13. The molecule has 23 heavy (non-hydrogen) atoms. The standard InChI is InChI=1S/C18H19ClFNO2/c1-12(9-13-5-4-6-14(19)10-13)18(23)21-11-17(22)15-7-2-3-8-16(15)20/h2-8,10,12,17,22H,9,11H2,1H3,(H,21,23). The molecule has 0 fully saturated rings. The van der Waals surface area contributed by atoms with E-state index < -0.39 is 11.9 Å². The topological polar surface area (TPSA) is 49.3 Å². The van der Waals surface area contributed by atoms with Crippen molar-refractivity contribution in [3.8, 4) is 0 Å². The van der Waals surface area contributed by atoms with E-state index in [1.54, 1.807) is 25.1 Å². The third kappa shape index (κ3) is 5.05. The highest BCUT2D eigenvalue weighted by Gasteiger charge is 2.17. The predicted molar refractivity (Wildman–Crippen MR) is 88.7 cm³/mol. The Balaban J connectivity index is 1.88. The number of aliphatic hydroxyl groups excluding tert-OH is 1. The number of aliphatic hydroxyl groups is 1. The van der Waals surface area contributed by atoms with Crippen LogP contribution in [-0.2, 0) is 11.2 Å². The van der Waals surface area contributed by atoms with E-state index >= 15 is 0 Å². The van der Waals surface area contributed by atoms with Gasteiger partial charge in [0.15, 0.2) is 0 Å². The molecule has 0 bridgehead atoms. The second-order valence-corrected chi connectivity index (χ2v) is 5.95. The molecule has 3 nitrogen and oxygen atoms in total. The first-order chi connectivity index (χ1) is 11.0. The zero-order chi connectivity index (χ0) is 16.8. The Hall–Kier alpha value is -1.91. The summed E-state index contributed by atoms with van der Waals surface area (Å²) in [6.45, 7) is 1.77. The molecule has 0 aliphatic rings. The highest BCUT2D eigenvalue weighted by Crippen LogP contribution is 2.17. The summed E-state index contributed by atoms with van der Waals surface area (Å²) in [7, 11) is 0. The van der Waals surface area contributed by atoms with Crippen molar-refractivity contribution >= 4 is 17.5 Å². The van der Waals surface area contributed by atoms with E-state index in [4.69, 9.17) is 11.6 Å². The number of hydrogen-bond acceptors (Lipinski definition) is 2. The summed E-state index contributed by atoms with van der Waals surface area (Å²) in [4.78, 5) is 12.1. The van der Waals surface area contributed by atoms with E-state index in [9.17, 15) is 14.3 Å². The Bertz CT molecular complexity index is 678. The zero-order valence-electron chi connectivity index (χ0n) is 12.8. The minimum absolute atomic E-state index is 0.0281. The maximum absolute atomic E-state index is 13.6. The number of hydrogen-bond donors (Lipinski definition) is 2. The number of rotatable bonds is 6. The first-order valence-corrected chi connectivity index (χ1v) is 7.80. The van der Waals surface area contributed by atoms with Gasteiger partial charge in [0, 0.05) is 23.0 Å². The van der Waals surface area contributed by atoms with Gasteiger partial charge in [0.2, 0.25) is 5.91 Å². The third-order valence-corrected chi connectivity index (χ3v) is 3.85. The summed E-state index contributed by atoms with van der Waals surface area (Å²) in [6, 6.07) is 13.3. The van der Waals surface area contributed by atoms with Crippen molar-refractivity contribution in [3.63, 3.8) is 0 Å². The van der Waals surface area contributed by atoms with Crippen molar-refractivity contribution in [1.29, 1.82) is 0 Å². The van der Waals surface area contributed by atoms with Gasteiger partial charge in [0.1, 0.15) is 5.82 Å². The lowest BCUT2D eigenvalue weighted by molar-refractivity contribution is -0.124. The van der Waals surface area contributed by atoms with Crippen LogP contribution < -0.4 is 5.32 Å². The lowest BCUT2D eigenvalue weighted by Gasteiger charge is -2.16. The lowest BCUT2D eigenvalue weighted by Crippen LogP contribution is -2.33. The fourth-order valence-corrected chi connectivity index (χ4v) is 2.55. The van der Waals surface area contributed by atoms with Crippen molar-refractivity contribution in [3.05, 3.63) is 70.5 Å². The van der Waals surface area contributed by atoms with Crippen LogP contribution in [0, 0.1) is 11.7 Å². The maximum Gasteiger partial charge on any atom is 0.223 e. The second-order valence-electron chi connectivity index (χ2n) is 5.52. The summed E-state index contributed by atoms with van der Waals surface area (Å²) in [5.74, 6) is -0.956. The average molecular weight is 336 g/mol. The smallest absolute Gasteiger partial charge is 0.223 e. The molecular formula is C18H19ClFNO2. The molecule has 0 heterocycles. The Morgan fingerprint density at radius 3 is 2.70 bits per heavy atom. The maximum atomic E-state index is 13.6. The minimum Gasteiger partial charge on any atom is -0.386 e. The van der Waals surface area contributed by atoms with Crippen LogP contribution in [0.3, 0.4) is 0 Å². The first-order valence-electron chi connectivity index (χ1n) is 7.42. The van der Waals surface area contributed by atoms with Gasteiger partial charge in [-0.25, -0.2) is 4.39 Å². The molecule has 2 rings (SSSR count). The highest BCUT2D eigenvalue weighted by atomic mass is 35.5. The third-order valence-electron chi connectivity index (χ3n) is 3.61. The van der Waals surface area contributed by atoms with Gasteiger partial charge >= 0.3 is 0 Å². The van der Waals surface area contributed by atoms with Crippen molar-refractivity contribution in [2.24, 2.45) is 5.92 Å². The van der Waals surface area contributed by atoms with Crippen LogP contribution in [0.25, 0.3) is 0 Å². The molecule has 0 saturated carbocycles. The van der Waals surface area contributed by atoms with Crippen molar-refractivity contribution in [2.75, 3.05) is 6.54 Å². The Morgan fingerprint density at radius 2 is 2.00 bits per heavy atom. The van der Waals surface area contributed by atoms with E-state index in [0.717, 1.165) is 5.56 Å². The van der Waals surface area contributed by atoms with Crippen LogP contribution >= 0.6 is 11.6 Å². The molecule has 2 aromatic rings. The summed E-state index contributed by atoms with van der Waals surface area (Å²) in [5.41, 5.74) is 1.14. The zero-order valence-corrected chi connectivity index (χ0v) is 13.6. The fraction of sp³-hybridized carbons (Fsp3) is 0.278. The molecule has 2 aromatic carbocycles. The van der Waals surface area contributed by atoms with Crippen molar-refractivity contribution < 1.29 is 14.3 Å². The second kappa shape index (κ2) is 8.09. The van der Waals surface area contributed by atoms with E-state index in [2.05, 4.69) is 5.32 Å². The molecule has 2 unspecified atom stereocenters. The first kappa shape index (κ1) is 17.4. The summed E-state index contributed by atoms with van der Waals surface area (Å²) >= 11 is 5.92. The normalized spacial score (nSPS) is 13.4. The number of amides is 1. The number of carbonyl (C=O) groups excluding carboxylic acids is 1. The van der Waals surface area contributed by atoms with Gasteiger partial charge in [-0.05, 0) is 30.2 Å². The van der Waals surface area contributed by atoms with Gasteiger partial charge in [0.25, 0.3) is 0 Å². The molecule has 0 aromatic heterocycles. The summed E-state index contributed by atoms with van der Waals surface area (Å²) in [5, 5.41) is 13.3. The van der Waals surface area contributed by atoms with E-state index in [1.165, 1.54) is 12.1 Å². The number of carbonyl (C=O) groups is 1. The quantitative estimate of drug-likeness (QED) is 0.848. The SMILES string of the molecule is CC(Cc1cccc(Cl)c1)C(=O)NCC(O)c1ccccc1F. The number of nitrogens with one attached hydrogen (secondary N) is 1.